The van der Waals surface area contributed by atoms with Crippen molar-refractivity contribution in [3.8, 4) is 0 Å². The summed E-state index contributed by atoms with van der Waals surface area (Å²) in [6, 6.07) is 12.0. The van der Waals surface area contributed by atoms with Gasteiger partial charge in [-0.1, -0.05) is 22.0 Å². The molecule has 1 aliphatic rings. The van der Waals surface area contributed by atoms with Gasteiger partial charge in [0.2, 0.25) is 0 Å². The molecule has 4 rings (SSSR count). The fourth-order valence-corrected chi connectivity index (χ4v) is 3.60. The number of aromatic nitrogens is 2. The average molecular weight is 399 g/mol. The lowest BCUT2D eigenvalue weighted by molar-refractivity contribution is 0.0623. The van der Waals surface area contributed by atoms with Crippen LogP contribution in [0, 0.1) is 0 Å². The molecule has 25 heavy (non-hydrogen) atoms. The minimum atomic E-state index is 0.0795. The van der Waals surface area contributed by atoms with Crippen LogP contribution in [0.25, 0.3) is 10.9 Å². The summed E-state index contributed by atoms with van der Waals surface area (Å²) in [5.74, 6) is 0.0795. The second-order valence-electron chi connectivity index (χ2n) is 6.34. The molecule has 0 spiro atoms. The van der Waals surface area contributed by atoms with E-state index >= 15 is 0 Å². The Morgan fingerprint density at radius 3 is 2.60 bits per heavy atom. The Kier molecular flexibility index (Phi) is 4.55. The van der Waals surface area contributed by atoms with Crippen molar-refractivity contribution < 1.29 is 4.79 Å². The summed E-state index contributed by atoms with van der Waals surface area (Å²) in [6.45, 7) is 4.19. The lowest BCUT2D eigenvalue weighted by Crippen LogP contribution is -2.48. The van der Waals surface area contributed by atoms with Gasteiger partial charge >= 0.3 is 0 Å². The summed E-state index contributed by atoms with van der Waals surface area (Å²) in [6.07, 6.45) is 3.65. The number of benzene rings is 1. The van der Waals surface area contributed by atoms with Crippen LogP contribution in [0.3, 0.4) is 0 Å². The first kappa shape index (κ1) is 16.3. The summed E-state index contributed by atoms with van der Waals surface area (Å²) in [4.78, 5) is 24.4. The van der Waals surface area contributed by atoms with Gasteiger partial charge in [-0.15, -0.1) is 0 Å². The van der Waals surface area contributed by atoms with Crippen LogP contribution in [-0.2, 0) is 6.54 Å². The van der Waals surface area contributed by atoms with Crippen LogP contribution in [-0.4, -0.2) is 51.9 Å². The van der Waals surface area contributed by atoms with Crippen LogP contribution in [0.2, 0.25) is 0 Å². The minimum absolute atomic E-state index is 0.0795. The molecule has 0 aliphatic carbocycles. The van der Waals surface area contributed by atoms with Gasteiger partial charge in [-0.05, 0) is 35.9 Å². The van der Waals surface area contributed by atoms with E-state index < -0.39 is 0 Å². The third-order valence-corrected chi connectivity index (χ3v) is 5.12. The number of rotatable bonds is 3. The van der Waals surface area contributed by atoms with Crippen LogP contribution >= 0.6 is 15.9 Å². The highest BCUT2D eigenvalue weighted by Gasteiger charge is 2.23. The van der Waals surface area contributed by atoms with Gasteiger partial charge < -0.3 is 9.88 Å². The SMILES string of the molecule is O=C(c1cc2ccc(Br)cc2[nH]1)N1CCN(Cc2ccncc2)CC1. The Balaban J connectivity index is 1.40. The van der Waals surface area contributed by atoms with E-state index in [0.717, 1.165) is 48.1 Å². The molecule has 1 fully saturated rings. The molecule has 3 aromatic rings. The molecule has 0 bridgehead atoms. The number of H-pyrrole nitrogens is 1. The third kappa shape index (κ3) is 3.60. The van der Waals surface area contributed by atoms with E-state index in [0.29, 0.717) is 5.69 Å². The maximum Gasteiger partial charge on any atom is 0.270 e. The van der Waals surface area contributed by atoms with Crippen molar-refractivity contribution in [2.75, 3.05) is 26.2 Å². The van der Waals surface area contributed by atoms with Crippen molar-refractivity contribution in [2.24, 2.45) is 0 Å². The third-order valence-electron chi connectivity index (χ3n) is 4.63. The number of nitrogens with one attached hydrogen (secondary N) is 1. The second kappa shape index (κ2) is 6.98. The number of carbonyl (C=O) groups is 1. The number of hydrogen-bond acceptors (Lipinski definition) is 3. The zero-order valence-electron chi connectivity index (χ0n) is 13.8. The summed E-state index contributed by atoms with van der Waals surface area (Å²) >= 11 is 3.46. The van der Waals surface area contributed by atoms with Gasteiger partial charge in [-0.2, -0.15) is 0 Å². The Hall–Kier alpha value is -2.18. The molecule has 0 atom stereocenters. The zero-order valence-corrected chi connectivity index (χ0v) is 15.4. The topological polar surface area (TPSA) is 52.2 Å². The average Bonchev–Trinajstić information content (AvgIpc) is 3.06. The Bertz CT molecular complexity index is 885. The highest BCUT2D eigenvalue weighted by molar-refractivity contribution is 9.10. The number of pyridine rings is 1. The Labute approximate surface area is 154 Å². The van der Waals surface area contributed by atoms with Crippen LogP contribution in [0.1, 0.15) is 16.1 Å². The monoisotopic (exact) mass is 398 g/mol. The number of carbonyl (C=O) groups excluding carboxylic acids is 1. The van der Waals surface area contributed by atoms with E-state index in [-0.39, 0.29) is 5.91 Å². The highest BCUT2D eigenvalue weighted by atomic mass is 79.9. The van der Waals surface area contributed by atoms with Crippen molar-refractivity contribution >= 4 is 32.7 Å². The molecule has 128 valence electrons. The van der Waals surface area contributed by atoms with Gasteiger partial charge in [0.25, 0.3) is 5.91 Å². The first-order valence-corrected chi connectivity index (χ1v) is 9.17. The minimum Gasteiger partial charge on any atom is -0.350 e. The van der Waals surface area contributed by atoms with Crippen molar-refractivity contribution in [3.63, 3.8) is 0 Å². The van der Waals surface area contributed by atoms with Crippen molar-refractivity contribution in [1.29, 1.82) is 0 Å². The molecule has 1 saturated heterocycles. The van der Waals surface area contributed by atoms with Crippen LogP contribution in [0.5, 0.6) is 0 Å². The van der Waals surface area contributed by atoms with E-state index in [4.69, 9.17) is 0 Å². The maximum atomic E-state index is 12.8. The molecule has 1 aliphatic heterocycles. The maximum absolute atomic E-state index is 12.8. The largest absolute Gasteiger partial charge is 0.350 e. The quantitative estimate of drug-likeness (QED) is 0.736. The lowest BCUT2D eigenvalue weighted by Gasteiger charge is -2.34. The predicted octanol–water partition coefficient (Wildman–Crippen LogP) is 3.28. The van der Waals surface area contributed by atoms with E-state index in [2.05, 4.69) is 30.8 Å². The van der Waals surface area contributed by atoms with Gasteiger partial charge in [-0.3, -0.25) is 14.7 Å². The van der Waals surface area contributed by atoms with E-state index in [1.54, 1.807) is 0 Å². The molecule has 6 heteroatoms. The number of nitrogens with zero attached hydrogens (tertiary/aromatic N) is 3. The summed E-state index contributed by atoms with van der Waals surface area (Å²) < 4.78 is 1.01. The molecule has 1 aromatic carbocycles. The number of aromatic amines is 1. The van der Waals surface area contributed by atoms with Gasteiger partial charge in [0.05, 0.1) is 0 Å². The zero-order chi connectivity index (χ0) is 17.2. The molecule has 0 saturated carbocycles. The van der Waals surface area contributed by atoms with Gasteiger partial charge in [0.1, 0.15) is 5.69 Å². The van der Waals surface area contributed by atoms with Crippen molar-refractivity contribution in [2.45, 2.75) is 6.54 Å². The van der Waals surface area contributed by atoms with Crippen molar-refractivity contribution in [3.05, 3.63) is 64.5 Å². The fraction of sp³-hybridized carbons (Fsp3) is 0.263. The summed E-state index contributed by atoms with van der Waals surface area (Å²) in [7, 11) is 0. The molecule has 0 radical (unpaired) electrons. The van der Waals surface area contributed by atoms with E-state index in [1.807, 2.05) is 53.7 Å². The van der Waals surface area contributed by atoms with E-state index in [1.165, 1.54) is 5.56 Å². The van der Waals surface area contributed by atoms with Crippen molar-refractivity contribution in [1.82, 2.24) is 19.8 Å². The fourth-order valence-electron chi connectivity index (χ4n) is 3.24. The molecular weight excluding hydrogens is 380 g/mol. The molecule has 3 heterocycles. The van der Waals surface area contributed by atoms with Crippen LogP contribution in [0.15, 0.2) is 53.3 Å². The number of piperazine rings is 1. The highest BCUT2D eigenvalue weighted by Crippen LogP contribution is 2.21. The van der Waals surface area contributed by atoms with Gasteiger partial charge in [0.15, 0.2) is 0 Å². The molecule has 0 unspecified atom stereocenters. The molecule has 5 nitrogen and oxygen atoms in total. The van der Waals surface area contributed by atoms with Gasteiger partial charge in [-0.25, -0.2) is 0 Å². The standard InChI is InChI=1S/C19H19BrN4O/c20-16-2-1-15-11-18(22-17(15)12-16)19(25)24-9-7-23(8-10-24)13-14-3-5-21-6-4-14/h1-6,11-12,22H,7-10,13H2. The number of halogens is 1. The number of amides is 1. The molecule has 1 N–H and O–H groups in total. The van der Waals surface area contributed by atoms with Crippen LogP contribution in [0.4, 0.5) is 0 Å². The molecule has 1 amide bonds. The first-order chi connectivity index (χ1) is 12.2. The molecule has 2 aromatic heterocycles. The second-order valence-corrected chi connectivity index (χ2v) is 7.25. The first-order valence-electron chi connectivity index (χ1n) is 8.38. The molecular formula is C19H19BrN4O. The predicted molar refractivity (Wildman–Crippen MR) is 101 cm³/mol. The Morgan fingerprint density at radius 2 is 1.84 bits per heavy atom. The summed E-state index contributed by atoms with van der Waals surface area (Å²) in [5, 5.41) is 1.06. The lowest BCUT2D eigenvalue weighted by atomic mass is 10.2. The summed E-state index contributed by atoms with van der Waals surface area (Å²) in [5.41, 5.74) is 2.90. The van der Waals surface area contributed by atoms with Gasteiger partial charge in [0, 0.05) is 60.5 Å². The number of fused-ring (bicyclic) bond motifs is 1. The van der Waals surface area contributed by atoms with Crippen LogP contribution < -0.4 is 0 Å². The van der Waals surface area contributed by atoms with E-state index in [9.17, 15) is 4.79 Å². The Morgan fingerprint density at radius 1 is 1.08 bits per heavy atom. The number of hydrogen-bond donors (Lipinski definition) is 1. The normalized spacial score (nSPS) is 15.6. The smallest absolute Gasteiger partial charge is 0.270 e.